The lowest BCUT2D eigenvalue weighted by Gasteiger charge is -2.09. The first-order valence-corrected chi connectivity index (χ1v) is 7.00. The molecule has 0 saturated heterocycles. The molecule has 120 valence electrons. The maximum absolute atomic E-state index is 9.09. The van der Waals surface area contributed by atoms with Crippen molar-refractivity contribution >= 4 is 11.2 Å². The van der Waals surface area contributed by atoms with Crippen LogP contribution >= 0.6 is 0 Å². The summed E-state index contributed by atoms with van der Waals surface area (Å²) in [5.41, 5.74) is 4.12. The summed E-state index contributed by atoms with van der Waals surface area (Å²) < 4.78 is 1.83. The van der Waals surface area contributed by atoms with E-state index in [0.29, 0.717) is 16.9 Å². The molecule has 2 aromatic carbocycles. The second kappa shape index (κ2) is 6.45. The smallest absolute Gasteiger partial charge is 0.167 e. The molecule has 4 aromatic rings. The Morgan fingerprint density at radius 2 is 1.79 bits per heavy atom. The monoisotopic (exact) mass is 321 g/mol. The van der Waals surface area contributed by atoms with Gasteiger partial charge in [0.05, 0.1) is 11.9 Å². The fourth-order valence-corrected chi connectivity index (χ4v) is 2.53. The van der Waals surface area contributed by atoms with E-state index in [1.165, 1.54) is 6.33 Å². The fourth-order valence-electron chi connectivity index (χ4n) is 2.53. The van der Waals surface area contributed by atoms with E-state index >= 15 is 0 Å². The zero-order chi connectivity index (χ0) is 15.6. The molecule has 0 bridgehead atoms. The normalized spacial score (nSPS) is 10.4. The van der Waals surface area contributed by atoms with E-state index in [4.69, 9.17) is 5.26 Å². The molecule has 0 aliphatic carbocycles. The van der Waals surface area contributed by atoms with Crippen LogP contribution in [0.5, 0.6) is 5.75 Å². The van der Waals surface area contributed by atoms with Crippen molar-refractivity contribution in [3.63, 3.8) is 0 Å². The molecule has 2 heterocycles. The van der Waals surface area contributed by atoms with Crippen LogP contribution in [0.4, 0.5) is 0 Å². The summed E-state index contributed by atoms with van der Waals surface area (Å²) >= 11 is 0. The molecular weight excluding hydrogens is 306 g/mol. The quantitative estimate of drug-likeness (QED) is 0.441. The number of fused-ring (bicyclic) bond motifs is 1. The molecule has 0 fully saturated rings. The molecule has 7 nitrogen and oxygen atoms in total. The fraction of sp³-hybridized carbons (Fsp3) is 0. The van der Waals surface area contributed by atoms with Gasteiger partial charge in [-0.2, -0.15) is 0 Å². The zero-order valence-electron chi connectivity index (χ0n) is 12.7. The van der Waals surface area contributed by atoms with Crippen molar-refractivity contribution in [3.05, 3.63) is 67.4 Å². The van der Waals surface area contributed by atoms with Crippen molar-refractivity contribution in [3.8, 4) is 22.6 Å². The van der Waals surface area contributed by atoms with E-state index in [0.717, 1.165) is 16.8 Å². The number of hydrogen-bond donors (Lipinski definition) is 2. The van der Waals surface area contributed by atoms with Gasteiger partial charge < -0.3 is 11.0 Å². The number of nitrogens with zero attached hydrogens (tertiary/aromatic N) is 4. The Balaban J connectivity index is 0.00000169. The third-order valence-electron chi connectivity index (χ3n) is 3.60. The third kappa shape index (κ3) is 2.69. The van der Waals surface area contributed by atoms with Crippen LogP contribution in [-0.2, 0) is 0 Å². The molecule has 0 unspecified atom stereocenters. The highest BCUT2D eigenvalue weighted by Gasteiger charge is 2.10. The number of hydrogen-bond acceptors (Lipinski definition) is 6. The molecule has 24 heavy (non-hydrogen) atoms. The number of aromatic nitrogens is 4. The lowest BCUT2D eigenvalue weighted by Crippen LogP contribution is -1.96. The summed E-state index contributed by atoms with van der Waals surface area (Å²) in [6.45, 7) is 0. The topological polar surface area (TPSA) is 108 Å². The third-order valence-corrected chi connectivity index (χ3v) is 3.60. The molecule has 2 aromatic heterocycles. The molecule has 0 spiro atoms. The second-order valence-electron chi connectivity index (χ2n) is 5.02. The first-order valence-electron chi connectivity index (χ1n) is 7.00. The van der Waals surface area contributed by atoms with Crippen molar-refractivity contribution in [2.45, 2.75) is 0 Å². The summed E-state index contributed by atoms with van der Waals surface area (Å²) in [5, 5.41) is 9.09. The van der Waals surface area contributed by atoms with Gasteiger partial charge >= 0.3 is 0 Å². The lowest BCUT2D eigenvalue weighted by molar-refractivity contribution is -0.137. The van der Waals surface area contributed by atoms with Crippen molar-refractivity contribution in [1.82, 2.24) is 25.7 Å². The van der Waals surface area contributed by atoms with Crippen molar-refractivity contribution < 1.29 is 10.1 Å². The van der Waals surface area contributed by atoms with Gasteiger partial charge in [0.15, 0.2) is 11.4 Å². The van der Waals surface area contributed by atoms with Crippen LogP contribution in [0.1, 0.15) is 0 Å². The van der Waals surface area contributed by atoms with Crippen molar-refractivity contribution in [2.24, 2.45) is 0 Å². The SMILES string of the molecule is N.OOc1cc(-c2ccccc2)cc(-n2cnc3cncnc32)c1. The zero-order valence-corrected chi connectivity index (χ0v) is 12.7. The summed E-state index contributed by atoms with van der Waals surface area (Å²) in [7, 11) is 0. The van der Waals surface area contributed by atoms with Crippen LogP contribution in [0.15, 0.2) is 67.4 Å². The predicted molar refractivity (Wildman–Crippen MR) is 90.4 cm³/mol. The van der Waals surface area contributed by atoms with E-state index < -0.39 is 0 Å². The molecule has 0 aliphatic heterocycles. The average molecular weight is 321 g/mol. The Morgan fingerprint density at radius 1 is 0.958 bits per heavy atom. The van der Waals surface area contributed by atoms with Crippen LogP contribution < -0.4 is 11.0 Å². The number of benzene rings is 2. The van der Waals surface area contributed by atoms with E-state index in [1.807, 2.05) is 41.0 Å². The van der Waals surface area contributed by atoms with Gasteiger partial charge in [0, 0.05) is 6.07 Å². The largest absolute Gasteiger partial charge is 0.344 e. The summed E-state index contributed by atoms with van der Waals surface area (Å²) in [6.07, 6.45) is 4.80. The van der Waals surface area contributed by atoms with Gasteiger partial charge in [-0.1, -0.05) is 30.3 Å². The van der Waals surface area contributed by atoms with Crippen LogP contribution in [0.2, 0.25) is 0 Å². The Labute approximate surface area is 137 Å². The van der Waals surface area contributed by atoms with Crippen LogP contribution in [0.25, 0.3) is 28.0 Å². The number of imidazole rings is 1. The minimum Gasteiger partial charge on any atom is -0.344 e. The first kappa shape index (κ1) is 15.6. The van der Waals surface area contributed by atoms with E-state index in [-0.39, 0.29) is 6.15 Å². The van der Waals surface area contributed by atoms with E-state index in [2.05, 4.69) is 19.8 Å². The van der Waals surface area contributed by atoms with Gasteiger partial charge in [-0.05, 0) is 23.3 Å². The maximum Gasteiger partial charge on any atom is 0.167 e. The Morgan fingerprint density at radius 3 is 2.58 bits per heavy atom. The maximum atomic E-state index is 9.09. The van der Waals surface area contributed by atoms with Gasteiger partial charge in [0.25, 0.3) is 0 Å². The first-order chi connectivity index (χ1) is 11.3. The van der Waals surface area contributed by atoms with Gasteiger partial charge in [-0.15, -0.1) is 0 Å². The average Bonchev–Trinajstić information content (AvgIpc) is 3.06. The van der Waals surface area contributed by atoms with E-state index in [1.54, 1.807) is 24.7 Å². The van der Waals surface area contributed by atoms with Gasteiger partial charge in [0.2, 0.25) is 0 Å². The van der Waals surface area contributed by atoms with Gasteiger partial charge in [0.1, 0.15) is 18.2 Å². The Hall–Kier alpha value is -3.29. The van der Waals surface area contributed by atoms with Crippen molar-refractivity contribution in [2.75, 3.05) is 0 Å². The van der Waals surface area contributed by atoms with Crippen LogP contribution in [0.3, 0.4) is 0 Å². The van der Waals surface area contributed by atoms with E-state index in [9.17, 15) is 0 Å². The summed E-state index contributed by atoms with van der Waals surface area (Å²) in [5.74, 6) is 0.345. The molecular formula is C17H15N5O2. The molecule has 4 rings (SSSR count). The molecule has 0 amide bonds. The predicted octanol–water partition coefficient (Wildman–Crippen LogP) is 3.50. The summed E-state index contributed by atoms with van der Waals surface area (Å²) in [6, 6.07) is 15.3. The number of rotatable bonds is 3. The Kier molecular flexibility index (Phi) is 4.19. The molecule has 0 aliphatic rings. The minimum atomic E-state index is 0. The van der Waals surface area contributed by atoms with Gasteiger partial charge in [-0.3, -0.25) is 4.57 Å². The van der Waals surface area contributed by atoms with Crippen LogP contribution in [-0.4, -0.2) is 24.8 Å². The minimum absolute atomic E-state index is 0. The summed E-state index contributed by atoms with van der Waals surface area (Å²) in [4.78, 5) is 17.0. The molecule has 0 atom stereocenters. The second-order valence-corrected chi connectivity index (χ2v) is 5.02. The van der Waals surface area contributed by atoms with Crippen LogP contribution in [0, 0.1) is 0 Å². The molecule has 0 saturated carbocycles. The highest BCUT2D eigenvalue weighted by Crippen LogP contribution is 2.28. The Bertz CT molecular complexity index is 969. The van der Waals surface area contributed by atoms with Gasteiger partial charge in [-0.25, -0.2) is 20.2 Å². The highest BCUT2D eigenvalue weighted by molar-refractivity contribution is 5.74. The molecule has 4 N–H and O–H groups in total. The molecule has 0 radical (unpaired) electrons. The molecule has 7 heteroatoms. The standard InChI is InChI=1S/C17H12N4O2.H3N/c22-23-15-7-13(12-4-2-1-3-5-12)6-14(8-15)21-11-20-16-9-18-10-19-17(16)21;/h1-11,22H;1H3. The lowest BCUT2D eigenvalue weighted by atomic mass is 10.0. The highest BCUT2D eigenvalue weighted by atomic mass is 17.1. The van der Waals surface area contributed by atoms with Crippen molar-refractivity contribution in [1.29, 1.82) is 0 Å².